The number of nitrogens with zero attached hydrogens (tertiary/aromatic N) is 4. The van der Waals surface area contributed by atoms with Crippen molar-refractivity contribution >= 4 is 33.4 Å². The van der Waals surface area contributed by atoms with E-state index in [2.05, 4.69) is 0 Å². The average Bonchev–Trinajstić information content (AvgIpc) is 3.09. The third kappa shape index (κ3) is 3.18. The summed E-state index contributed by atoms with van der Waals surface area (Å²) in [4.78, 5) is 44.3. The van der Waals surface area contributed by atoms with Gasteiger partial charge in [0.25, 0.3) is 11.8 Å². The first-order valence-corrected chi connectivity index (χ1v) is 12.2. The van der Waals surface area contributed by atoms with Gasteiger partial charge in [0.1, 0.15) is 12.7 Å². The highest BCUT2D eigenvalue weighted by molar-refractivity contribution is 7.88. The van der Waals surface area contributed by atoms with Crippen molar-refractivity contribution in [3.63, 3.8) is 0 Å². The molecule has 32 heavy (non-hydrogen) atoms. The quantitative estimate of drug-likeness (QED) is 0.687. The lowest BCUT2D eigenvalue weighted by atomic mass is 10.0. The molecule has 3 aliphatic rings. The van der Waals surface area contributed by atoms with Crippen molar-refractivity contribution < 1.29 is 22.8 Å². The molecule has 9 nitrogen and oxygen atoms in total. The number of benzene rings is 2. The number of carbonyl (C=O) groups excluding carboxylic acids is 3. The summed E-state index contributed by atoms with van der Waals surface area (Å²) in [6.07, 6.45) is 0.458. The van der Waals surface area contributed by atoms with E-state index in [0.717, 1.165) is 6.26 Å². The molecular formula is C22H22N4O5S. The second-order valence-corrected chi connectivity index (χ2v) is 10.1. The molecule has 0 spiro atoms. The number of hydrogen-bond donors (Lipinski definition) is 0. The highest BCUT2D eigenvalue weighted by Crippen LogP contribution is 2.45. The van der Waals surface area contributed by atoms with Gasteiger partial charge in [-0.2, -0.15) is 4.31 Å². The topological polar surface area (TPSA) is 98.3 Å². The van der Waals surface area contributed by atoms with Gasteiger partial charge in [-0.3, -0.25) is 19.3 Å². The number of fused-ring (bicyclic) bond motifs is 5. The number of rotatable bonds is 3. The van der Waals surface area contributed by atoms with Gasteiger partial charge < -0.3 is 9.80 Å². The second kappa shape index (κ2) is 7.42. The summed E-state index contributed by atoms with van der Waals surface area (Å²) >= 11 is 0. The van der Waals surface area contributed by atoms with E-state index < -0.39 is 16.2 Å². The van der Waals surface area contributed by atoms with E-state index >= 15 is 0 Å². The lowest BCUT2D eigenvalue weighted by Crippen LogP contribution is -2.55. The van der Waals surface area contributed by atoms with Crippen LogP contribution in [0.3, 0.4) is 0 Å². The molecule has 0 bridgehead atoms. The van der Waals surface area contributed by atoms with Crippen LogP contribution in [0.15, 0.2) is 48.5 Å². The fraction of sp³-hybridized carbons (Fsp3) is 0.318. The Morgan fingerprint density at radius 3 is 2.22 bits per heavy atom. The van der Waals surface area contributed by atoms with Crippen molar-refractivity contribution in [2.24, 2.45) is 0 Å². The Hall–Kier alpha value is -3.24. The van der Waals surface area contributed by atoms with Crippen LogP contribution in [0, 0.1) is 0 Å². The summed E-state index contributed by atoms with van der Waals surface area (Å²) in [5, 5.41) is 0. The Bertz CT molecular complexity index is 1240. The predicted molar refractivity (Wildman–Crippen MR) is 116 cm³/mol. The van der Waals surface area contributed by atoms with Crippen LogP contribution in [0.4, 0.5) is 5.69 Å². The maximum absolute atomic E-state index is 13.4. The molecule has 2 aromatic rings. The molecule has 0 N–H and O–H groups in total. The molecule has 2 aromatic carbocycles. The number of carbonyl (C=O) groups is 3. The molecule has 3 aliphatic heterocycles. The van der Waals surface area contributed by atoms with Crippen LogP contribution >= 0.6 is 0 Å². The molecule has 0 saturated carbocycles. The highest BCUT2D eigenvalue weighted by atomic mass is 32.2. The van der Waals surface area contributed by atoms with E-state index in [1.165, 1.54) is 9.21 Å². The minimum Gasteiger partial charge on any atom is -0.339 e. The van der Waals surface area contributed by atoms with Gasteiger partial charge in [-0.1, -0.05) is 30.3 Å². The first kappa shape index (κ1) is 20.7. The molecule has 3 heterocycles. The van der Waals surface area contributed by atoms with Crippen LogP contribution in [-0.2, 0) is 14.8 Å². The Kier molecular flexibility index (Phi) is 4.79. The molecule has 10 heteroatoms. The number of amides is 3. The molecule has 5 rings (SSSR count). The van der Waals surface area contributed by atoms with E-state index in [0.29, 0.717) is 22.4 Å². The number of piperazine rings is 1. The van der Waals surface area contributed by atoms with Gasteiger partial charge in [-0.15, -0.1) is 0 Å². The Labute approximate surface area is 185 Å². The van der Waals surface area contributed by atoms with E-state index in [-0.39, 0.29) is 50.4 Å². The fourth-order valence-electron chi connectivity index (χ4n) is 4.65. The lowest BCUT2D eigenvalue weighted by Gasteiger charge is -2.41. The summed E-state index contributed by atoms with van der Waals surface area (Å²) in [6, 6.07) is 14.0. The monoisotopic (exact) mass is 454 g/mol. The summed E-state index contributed by atoms with van der Waals surface area (Å²) in [5.74, 6) is -0.790. The van der Waals surface area contributed by atoms with Gasteiger partial charge in [0.15, 0.2) is 0 Å². The maximum atomic E-state index is 13.4. The van der Waals surface area contributed by atoms with Crippen molar-refractivity contribution in [3.05, 3.63) is 65.2 Å². The Balaban J connectivity index is 1.46. The van der Waals surface area contributed by atoms with Crippen LogP contribution in [0.5, 0.6) is 0 Å². The van der Waals surface area contributed by atoms with Crippen LogP contribution in [0.1, 0.15) is 32.4 Å². The van der Waals surface area contributed by atoms with E-state index in [4.69, 9.17) is 0 Å². The normalized spacial score (nSPS) is 20.8. The lowest BCUT2D eigenvalue weighted by molar-refractivity contribution is -0.133. The van der Waals surface area contributed by atoms with Crippen molar-refractivity contribution in [1.82, 2.24) is 14.1 Å². The second-order valence-electron chi connectivity index (χ2n) is 8.13. The van der Waals surface area contributed by atoms with E-state index in [1.807, 2.05) is 12.1 Å². The summed E-state index contributed by atoms with van der Waals surface area (Å²) < 4.78 is 24.8. The van der Waals surface area contributed by atoms with Crippen molar-refractivity contribution in [1.29, 1.82) is 0 Å². The maximum Gasteiger partial charge on any atom is 0.260 e. The third-order valence-electron chi connectivity index (χ3n) is 6.25. The van der Waals surface area contributed by atoms with E-state index in [1.54, 1.807) is 46.2 Å². The molecule has 1 saturated heterocycles. The molecule has 0 aromatic heterocycles. The van der Waals surface area contributed by atoms with Crippen LogP contribution in [-0.4, -0.2) is 79.2 Å². The molecule has 1 atom stereocenters. The van der Waals surface area contributed by atoms with Gasteiger partial charge >= 0.3 is 0 Å². The zero-order valence-corrected chi connectivity index (χ0v) is 18.3. The first-order chi connectivity index (χ1) is 15.3. The fourth-order valence-corrected chi connectivity index (χ4v) is 5.48. The zero-order chi connectivity index (χ0) is 22.6. The molecular weight excluding hydrogens is 432 g/mol. The number of sulfonamides is 1. The van der Waals surface area contributed by atoms with Crippen LogP contribution in [0.2, 0.25) is 0 Å². The number of para-hydroxylation sites is 1. The molecule has 3 amide bonds. The van der Waals surface area contributed by atoms with Gasteiger partial charge in [-0.05, 0) is 18.2 Å². The summed E-state index contributed by atoms with van der Waals surface area (Å²) in [7, 11) is -3.31. The van der Waals surface area contributed by atoms with Crippen LogP contribution < -0.4 is 4.90 Å². The molecule has 1 fully saturated rings. The van der Waals surface area contributed by atoms with E-state index in [9.17, 15) is 22.8 Å². The van der Waals surface area contributed by atoms with Gasteiger partial charge in [0.2, 0.25) is 15.9 Å². The average molecular weight is 455 g/mol. The summed E-state index contributed by atoms with van der Waals surface area (Å²) in [6.45, 7) is 0.758. The van der Waals surface area contributed by atoms with Crippen molar-refractivity contribution in [2.75, 3.05) is 43.9 Å². The SMILES string of the molecule is CS(=O)(=O)N1CCN(C(=O)CN2C(=O)c3ccccc3N3C(=O)c4ccccc4[C@H]23)CC1. The highest BCUT2D eigenvalue weighted by Gasteiger charge is 2.48. The van der Waals surface area contributed by atoms with Gasteiger partial charge in [-0.25, -0.2) is 8.42 Å². The summed E-state index contributed by atoms with van der Waals surface area (Å²) in [5.41, 5.74) is 2.12. The molecule has 0 radical (unpaired) electrons. The van der Waals surface area contributed by atoms with Crippen molar-refractivity contribution in [2.45, 2.75) is 6.17 Å². The first-order valence-electron chi connectivity index (χ1n) is 10.3. The smallest absolute Gasteiger partial charge is 0.260 e. The van der Waals surface area contributed by atoms with Gasteiger partial charge in [0.05, 0.1) is 17.5 Å². The third-order valence-corrected chi connectivity index (χ3v) is 7.55. The molecule has 0 unspecified atom stereocenters. The molecule has 0 aliphatic carbocycles. The largest absolute Gasteiger partial charge is 0.339 e. The number of hydrogen-bond acceptors (Lipinski definition) is 5. The van der Waals surface area contributed by atoms with Gasteiger partial charge in [0, 0.05) is 37.3 Å². The Morgan fingerprint density at radius 1 is 0.906 bits per heavy atom. The minimum atomic E-state index is -3.31. The zero-order valence-electron chi connectivity index (χ0n) is 17.5. The standard InChI is InChI=1S/C22H22N4O5S/c1-32(30,31)24-12-10-23(11-13-24)19(27)14-25-20-15-6-2-3-7-16(15)22(29)26(20)18-9-5-4-8-17(18)21(25)28/h2-9,20H,10-14H2,1H3/t20-/m1/s1. The predicted octanol–water partition coefficient (Wildman–Crippen LogP) is 0.905. The minimum absolute atomic E-state index is 0.200. The van der Waals surface area contributed by atoms with Crippen molar-refractivity contribution in [3.8, 4) is 0 Å². The Morgan fingerprint density at radius 2 is 1.53 bits per heavy atom. The number of anilines is 1. The molecule has 166 valence electrons. The van der Waals surface area contributed by atoms with Crippen LogP contribution in [0.25, 0.3) is 0 Å².